The summed E-state index contributed by atoms with van der Waals surface area (Å²) in [7, 11) is 0. The molecule has 4 rings (SSSR count). The van der Waals surface area contributed by atoms with Gasteiger partial charge >= 0.3 is 0 Å². The first-order chi connectivity index (χ1) is 9.83. The van der Waals surface area contributed by atoms with E-state index in [0.29, 0.717) is 5.15 Å². The second-order valence-electron chi connectivity index (χ2n) is 4.62. The van der Waals surface area contributed by atoms with Crippen molar-refractivity contribution in [1.29, 1.82) is 0 Å². The normalized spacial score (nSPS) is 11.2. The molecular weight excluding hydrogens is 270 g/mol. The molecule has 0 fully saturated rings. The molecule has 4 heteroatoms. The Kier molecular flexibility index (Phi) is 2.47. The molecule has 0 spiro atoms. The predicted molar refractivity (Wildman–Crippen MR) is 81.8 cm³/mol. The molecule has 1 aromatic carbocycles. The average Bonchev–Trinajstić information content (AvgIpc) is 2.85. The fourth-order valence-electron chi connectivity index (χ4n) is 2.58. The molecule has 3 heterocycles. The Hall–Kier alpha value is -2.39. The van der Waals surface area contributed by atoms with Crippen LogP contribution in [0.5, 0.6) is 0 Å². The third-order valence-electron chi connectivity index (χ3n) is 3.44. The van der Waals surface area contributed by atoms with Crippen molar-refractivity contribution in [3.8, 4) is 11.1 Å². The summed E-state index contributed by atoms with van der Waals surface area (Å²) in [6.45, 7) is 0. The van der Waals surface area contributed by atoms with Gasteiger partial charge in [0.1, 0.15) is 10.8 Å². The number of nitrogens with one attached hydrogen (secondary N) is 1. The van der Waals surface area contributed by atoms with E-state index in [-0.39, 0.29) is 0 Å². The molecule has 0 aliphatic rings. The van der Waals surface area contributed by atoms with E-state index in [1.807, 2.05) is 30.3 Å². The fraction of sp³-hybridized carbons (Fsp3) is 0. The smallest absolute Gasteiger partial charge is 0.138 e. The van der Waals surface area contributed by atoms with Crippen LogP contribution in [-0.4, -0.2) is 15.0 Å². The number of rotatable bonds is 1. The third-order valence-corrected chi connectivity index (χ3v) is 3.64. The minimum atomic E-state index is 0.493. The van der Waals surface area contributed by atoms with Crippen molar-refractivity contribution < 1.29 is 0 Å². The van der Waals surface area contributed by atoms with E-state index >= 15 is 0 Å². The Labute approximate surface area is 120 Å². The summed E-state index contributed by atoms with van der Waals surface area (Å²) < 4.78 is 0. The van der Waals surface area contributed by atoms with Gasteiger partial charge in [0.15, 0.2) is 0 Å². The first-order valence-corrected chi connectivity index (χ1v) is 6.68. The van der Waals surface area contributed by atoms with Gasteiger partial charge in [-0.25, -0.2) is 9.97 Å². The van der Waals surface area contributed by atoms with Crippen molar-refractivity contribution in [2.45, 2.75) is 0 Å². The van der Waals surface area contributed by atoms with Crippen LogP contribution in [0, 0.1) is 0 Å². The van der Waals surface area contributed by atoms with Crippen LogP contribution < -0.4 is 0 Å². The highest BCUT2D eigenvalue weighted by atomic mass is 35.5. The van der Waals surface area contributed by atoms with Gasteiger partial charge in [0, 0.05) is 28.7 Å². The summed E-state index contributed by atoms with van der Waals surface area (Å²) >= 11 is 6.00. The van der Waals surface area contributed by atoms with E-state index in [4.69, 9.17) is 11.6 Å². The van der Waals surface area contributed by atoms with Gasteiger partial charge in [-0.3, -0.25) is 0 Å². The third kappa shape index (κ3) is 1.67. The van der Waals surface area contributed by atoms with Gasteiger partial charge in [0.2, 0.25) is 0 Å². The molecule has 3 nitrogen and oxygen atoms in total. The number of pyridine rings is 2. The minimum absolute atomic E-state index is 0.493. The largest absolute Gasteiger partial charge is 0.339 e. The van der Waals surface area contributed by atoms with E-state index in [9.17, 15) is 0 Å². The van der Waals surface area contributed by atoms with E-state index in [0.717, 1.165) is 27.7 Å². The molecule has 0 unspecified atom stereocenters. The maximum Gasteiger partial charge on any atom is 0.138 e. The Bertz CT molecular complexity index is 927. The Morgan fingerprint density at radius 1 is 0.950 bits per heavy atom. The summed E-state index contributed by atoms with van der Waals surface area (Å²) in [5.41, 5.74) is 4.12. The lowest BCUT2D eigenvalue weighted by Gasteiger charge is -2.04. The van der Waals surface area contributed by atoms with Crippen LogP contribution >= 0.6 is 11.6 Å². The van der Waals surface area contributed by atoms with Crippen LogP contribution in [0.4, 0.5) is 0 Å². The zero-order valence-electron chi connectivity index (χ0n) is 10.5. The maximum atomic E-state index is 6.00. The highest BCUT2D eigenvalue weighted by Gasteiger charge is 2.11. The van der Waals surface area contributed by atoms with Crippen LogP contribution in [0.1, 0.15) is 0 Å². The minimum Gasteiger partial charge on any atom is -0.339 e. The summed E-state index contributed by atoms with van der Waals surface area (Å²) in [5, 5.41) is 2.77. The number of nitrogens with zero attached hydrogens (tertiary/aromatic N) is 2. The molecule has 0 saturated carbocycles. The SMILES string of the molecule is Clc1cc(-c2ccnc3[nH]c4ccccc4c23)ccn1. The van der Waals surface area contributed by atoms with Crippen LogP contribution in [-0.2, 0) is 0 Å². The molecule has 0 bridgehead atoms. The van der Waals surface area contributed by atoms with Crippen LogP contribution in [0.2, 0.25) is 5.15 Å². The summed E-state index contributed by atoms with van der Waals surface area (Å²) in [4.78, 5) is 11.8. The number of hydrogen-bond acceptors (Lipinski definition) is 2. The number of hydrogen-bond donors (Lipinski definition) is 1. The monoisotopic (exact) mass is 279 g/mol. The van der Waals surface area contributed by atoms with Gasteiger partial charge in [0.05, 0.1) is 0 Å². The predicted octanol–water partition coefficient (Wildman–Crippen LogP) is 4.43. The molecule has 0 atom stereocenters. The number of aromatic nitrogens is 3. The Balaban J connectivity index is 2.14. The molecule has 4 aromatic rings. The van der Waals surface area contributed by atoms with Crippen LogP contribution in [0.15, 0.2) is 54.9 Å². The second-order valence-corrected chi connectivity index (χ2v) is 5.01. The zero-order valence-corrected chi connectivity index (χ0v) is 11.2. The molecule has 20 heavy (non-hydrogen) atoms. The number of aromatic amines is 1. The van der Waals surface area contributed by atoms with E-state index < -0.39 is 0 Å². The number of fused-ring (bicyclic) bond motifs is 3. The lowest BCUT2D eigenvalue weighted by atomic mass is 10.0. The van der Waals surface area contributed by atoms with Gasteiger partial charge in [-0.2, -0.15) is 0 Å². The number of halogens is 1. The molecule has 0 aliphatic heterocycles. The van der Waals surface area contributed by atoms with Crippen LogP contribution in [0.3, 0.4) is 0 Å². The molecule has 0 aliphatic carbocycles. The molecule has 0 saturated heterocycles. The molecule has 0 radical (unpaired) electrons. The van der Waals surface area contributed by atoms with E-state index in [1.165, 1.54) is 5.39 Å². The molecular formula is C16H10ClN3. The highest BCUT2D eigenvalue weighted by Crippen LogP contribution is 2.33. The number of para-hydroxylation sites is 1. The van der Waals surface area contributed by atoms with Crippen molar-refractivity contribution in [1.82, 2.24) is 15.0 Å². The Morgan fingerprint density at radius 2 is 1.80 bits per heavy atom. The van der Waals surface area contributed by atoms with Crippen molar-refractivity contribution >= 4 is 33.5 Å². The number of benzene rings is 1. The topological polar surface area (TPSA) is 41.6 Å². The molecule has 3 aromatic heterocycles. The summed E-state index contributed by atoms with van der Waals surface area (Å²) in [6, 6.07) is 14.0. The first-order valence-electron chi connectivity index (χ1n) is 6.30. The van der Waals surface area contributed by atoms with Crippen LogP contribution in [0.25, 0.3) is 33.1 Å². The molecule has 1 N–H and O–H groups in total. The highest BCUT2D eigenvalue weighted by molar-refractivity contribution is 6.29. The average molecular weight is 280 g/mol. The lowest BCUT2D eigenvalue weighted by molar-refractivity contribution is 1.32. The van der Waals surface area contributed by atoms with Gasteiger partial charge in [-0.15, -0.1) is 0 Å². The maximum absolute atomic E-state index is 6.00. The molecule has 0 amide bonds. The summed E-state index contributed by atoms with van der Waals surface area (Å²) in [6.07, 6.45) is 3.53. The standard InChI is InChI=1S/C16H10ClN3/c17-14-9-10(5-7-18-14)11-6-8-19-16-15(11)12-3-1-2-4-13(12)20-16/h1-9H,(H,19,20). The second kappa shape index (κ2) is 4.32. The molecule has 96 valence electrons. The lowest BCUT2D eigenvalue weighted by Crippen LogP contribution is -1.83. The van der Waals surface area contributed by atoms with Gasteiger partial charge in [-0.1, -0.05) is 29.8 Å². The summed E-state index contributed by atoms with van der Waals surface area (Å²) in [5.74, 6) is 0. The van der Waals surface area contributed by atoms with Gasteiger partial charge in [-0.05, 0) is 35.4 Å². The fourth-order valence-corrected chi connectivity index (χ4v) is 2.75. The van der Waals surface area contributed by atoms with Crippen molar-refractivity contribution in [3.05, 3.63) is 60.0 Å². The van der Waals surface area contributed by atoms with Crippen molar-refractivity contribution in [2.75, 3.05) is 0 Å². The van der Waals surface area contributed by atoms with Crippen molar-refractivity contribution in [2.24, 2.45) is 0 Å². The van der Waals surface area contributed by atoms with Gasteiger partial charge in [0.25, 0.3) is 0 Å². The van der Waals surface area contributed by atoms with Gasteiger partial charge < -0.3 is 4.98 Å². The van der Waals surface area contributed by atoms with E-state index in [2.05, 4.69) is 27.1 Å². The quantitative estimate of drug-likeness (QED) is 0.524. The zero-order chi connectivity index (χ0) is 13.5. The first kappa shape index (κ1) is 11.4. The van der Waals surface area contributed by atoms with E-state index in [1.54, 1.807) is 12.4 Å². The Morgan fingerprint density at radius 3 is 2.70 bits per heavy atom. The van der Waals surface area contributed by atoms with Crippen molar-refractivity contribution in [3.63, 3.8) is 0 Å². The number of H-pyrrole nitrogens is 1.